The topological polar surface area (TPSA) is 52.6 Å². The van der Waals surface area contributed by atoms with Crippen LogP contribution in [0.15, 0.2) is 11.4 Å². The highest BCUT2D eigenvalue weighted by molar-refractivity contribution is 7.46. The van der Waals surface area contributed by atoms with E-state index in [9.17, 15) is 9.36 Å². The number of hydrogen-bond donors (Lipinski definition) is 0. The fourth-order valence-corrected chi connectivity index (χ4v) is 3.91. The molecular formula is C16H29O4P. The highest BCUT2D eigenvalue weighted by atomic mass is 31.1. The van der Waals surface area contributed by atoms with E-state index in [0.29, 0.717) is 5.92 Å². The van der Waals surface area contributed by atoms with E-state index < -0.39 is 14.0 Å². The molecule has 0 aromatic heterocycles. The second kappa shape index (κ2) is 10.2. The summed E-state index contributed by atoms with van der Waals surface area (Å²) in [5.41, 5.74) is 0. The highest BCUT2D eigenvalue weighted by Crippen LogP contribution is 2.39. The first-order valence-electron chi connectivity index (χ1n) is 8.09. The van der Waals surface area contributed by atoms with Crippen LogP contribution in [0.2, 0.25) is 0 Å². The van der Waals surface area contributed by atoms with Crippen molar-refractivity contribution >= 4 is 14.0 Å². The van der Waals surface area contributed by atoms with Gasteiger partial charge >= 0.3 is 5.97 Å². The average molecular weight is 316 g/mol. The molecule has 4 nitrogen and oxygen atoms in total. The molecule has 2 unspecified atom stereocenters. The minimum absolute atomic E-state index is 0.0873. The Labute approximate surface area is 129 Å². The van der Waals surface area contributed by atoms with Crippen molar-refractivity contribution < 1.29 is 18.6 Å². The maximum Gasteiger partial charge on any atom is 0.343 e. The van der Waals surface area contributed by atoms with Crippen LogP contribution >= 0.6 is 8.03 Å². The third kappa shape index (κ3) is 6.80. The normalized spacial score (nSPS) is 20.0. The number of ether oxygens (including phenoxy) is 1. The van der Waals surface area contributed by atoms with Crippen molar-refractivity contribution in [2.45, 2.75) is 71.3 Å². The van der Waals surface area contributed by atoms with Crippen LogP contribution in [-0.4, -0.2) is 19.2 Å². The van der Waals surface area contributed by atoms with Crippen LogP contribution in [0.5, 0.6) is 0 Å². The minimum atomic E-state index is -2.53. The van der Waals surface area contributed by atoms with E-state index in [2.05, 4.69) is 6.92 Å². The highest BCUT2D eigenvalue weighted by Gasteiger charge is 2.22. The Hall–Kier alpha value is -0.600. The van der Waals surface area contributed by atoms with Gasteiger partial charge in [-0.2, -0.15) is 0 Å². The van der Waals surface area contributed by atoms with Gasteiger partial charge in [-0.25, -0.2) is 4.79 Å². The Bertz CT molecular complexity index is 372. The van der Waals surface area contributed by atoms with Gasteiger partial charge in [-0.05, 0) is 32.1 Å². The van der Waals surface area contributed by atoms with Gasteiger partial charge < -0.3 is 9.26 Å². The summed E-state index contributed by atoms with van der Waals surface area (Å²) in [7, 11) is -1.20. The third-order valence-electron chi connectivity index (χ3n) is 3.95. The maximum absolute atomic E-state index is 12.4. The average Bonchev–Trinajstić information content (AvgIpc) is 2.50. The number of unbranched alkanes of at least 4 members (excludes halogenated alkanes) is 1. The quantitative estimate of drug-likeness (QED) is 0.370. The van der Waals surface area contributed by atoms with Gasteiger partial charge in [-0.1, -0.05) is 45.1 Å². The van der Waals surface area contributed by atoms with Gasteiger partial charge in [0.1, 0.15) is 5.31 Å². The van der Waals surface area contributed by atoms with Crippen molar-refractivity contribution in [1.82, 2.24) is 0 Å². The fourth-order valence-electron chi connectivity index (χ4n) is 2.66. The Balaban J connectivity index is 2.69. The molecule has 1 rings (SSSR count). The van der Waals surface area contributed by atoms with Gasteiger partial charge in [0, 0.05) is 0 Å². The second-order valence-electron chi connectivity index (χ2n) is 5.83. The van der Waals surface area contributed by atoms with E-state index in [1.165, 1.54) is 26.4 Å². The number of hydrogen-bond acceptors (Lipinski definition) is 4. The molecule has 0 N–H and O–H groups in total. The van der Waals surface area contributed by atoms with Crippen LogP contribution in [0.1, 0.15) is 65.2 Å². The first kappa shape index (κ1) is 18.4. The molecule has 2 atom stereocenters. The van der Waals surface area contributed by atoms with Crippen molar-refractivity contribution in [3.05, 3.63) is 11.4 Å². The minimum Gasteiger partial charge on any atom is -0.465 e. The van der Waals surface area contributed by atoms with Crippen LogP contribution in [0.25, 0.3) is 0 Å². The van der Waals surface area contributed by atoms with Gasteiger partial charge in [-0.3, -0.25) is 4.57 Å². The zero-order valence-corrected chi connectivity index (χ0v) is 14.5. The van der Waals surface area contributed by atoms with Crippen LogP contribution in [0.4, 0.5) is 0 Å². The molecule has 21 heavy (non-hydrogen) atoms. The lowest BCUT2D eigenvalue weighted by Crippen LogP contribution is -2.10. The van der Waals surface area contributed by atoms with E-state index >= 15 is 0 Å². The van der Waals surface area contributed by atoms with Gasteiger partial charge in [-0.15, -0.1) is 0 Å². The molecule has 5 heteroatoms. The molecule has 0 aliphatic heterocycles. The van der Waals surface area contributed by atoms with E-state index in [1.54, 1.807) is 0 Å². The van der Waals surface area contributed by atoms with Gasteiger partial charge in [0.25, 0.3) is 0 Å². The van der Waals surface area contributed by atoms with E-state index in [-0.39, 0.29) is 11.4 Å². The molecule has 1 saturated carbocycles. The van der Waals surface area contributed by atoms with Gasteiger partial charge in [0.15, 0.2) is 0 Å². The monoisotopic (exact) mass is 316 g/mol. The first-order chi connectivity index (χ1) is 10.1. The number of carbonyl (C=O) groups excluding carboxylic acids is 1. The molecule has 0 bridgehead atoms. The molecule has 1 fully saturated rings. The number of carbonyl (C=O) groups is 1. The lowest BCUT2D eigenvalue weighted by atomic mass is 9.89. The molecule has 122 valence electrons. The number of rotatable bonds is 8. The molecule has 0 radical (unpaired) electrons. The lowest BCUT2D eigenvalue weighted by molar-refractivity contribution is -0.135. The molecule has 0 amide bonds. The summed E-state index contributed by atoms with van der Waals surface area (Å²) in [6, 6.07) is 0. The molecule has 0 aromatic rings. The summed E-state index contributed by atoms with van der Waals surface area (Å²) in [6.07, 6.45) is 10.4. The van der Waals surface area contributed by atoms with Gasteiger partial charge in [0.05, 0.1) is 13.2 Å². The first-order valence-corrected chi connectivity index (χ1v) is 9.41. The van der Waals surface area contributed by atoms with Crippen LogP contribution in [0.3, 0.4) is 0 Å². The summed E-state index contributed by atoms with van der Waals surface area (Å²) >= 11 is 0. The number of methoxy groups -OCH3 is 1. The number of allylic oxidation sites excluding steroid dienone is 1. The smallest absolute Gasteiger partial charge is 0.343 e. The molecular weight excluding hydrogens is 287 g/mol. The molecule has 0 saturated heterocycles. The molecule has 1 aliphatic rings. The summed E-state index contributed by atoms with van der Waals surface area (Å²) in [5.74, 6) is -0.177. The Morgan fingerprint density at radius 1 is 1.33 bits per heavy atom. The number of esters is 1. The molecule has 0 heterocycles. The summed E-state index contributed by atoms with van der Waals surface area (Å²) in [5, 5.41) is 0.248. The van der Waals surface area contributed by atoms with Crippen LogP contribution in [0, 0.1) is 5.92 Å². The Kier molecular flexibility index (Phi) is 8.94. The lowest BCUT2D eigenvalue weighted by Gasteiger charge is -2.20. The molecule has 1 aliphatic carbocycles. The van der Waals surface area contributed by atoms with E-state index in [1.807, 2.05) is 13.0 Å². The summed E-state index contributed by atoms with van der Waals surface area (Å²) < 4.78 is 22.7. The standard InChI is InChI=1S/C16H29O4P/c1-4-5-9-13(2)20-21(18)15(16(17)19-3)12-14-10-7-6-8-11-14/h12-14,21H,4-11H2,1-3H3. The maximum atomic E-state index is 12.4. The Morgan fingerprint density at radius 3 is 2.57 bits per heavy atom. The van der Waals surface area contributed by atoms with Crippen LogP contribution in [-0.2, 0) is 18.6 Å². The summed E-state index contributed by atoms with van der Waals surface area (Å²) in [6.45, 7) is 4.02. The van der Waals surface area contributed by atoms with Crippen molar-refractivity contribution in [2.24, 2.45) is 5.92 Å². The van der Waals surface area contributed by atoms with Crippen molar-refractivity contribution in [2.75, 3.05) is 7.11 Å². The van der Waals surface area contributed by atoms with E-state index in [0.717, 1.165) is 32.1 Å². The SMILES string of the molecule is CCCCC(C)O[PH](=O)C(=CC1CCCCC1)C(=O)OC. The predicted octanol–water partition coefficient (Wildman–Crippen LogP) is 4.69. The zero-order valence-electron chi connectivity index (χ0n) is 13.5. The predicted molar refractivity (Wildman–Crippen MR) is 85.7 cm³/mol. The van der Waals surface area contributed by atoms with E-state index in [4.69, 9.17) is 9.26 Å². The molecule has 0 aromatic carbocycles. The van der Waals surface area contributed by atoms with Gasteiger partial charge in [0.2, 0.25) is 8.03 Å². The van der Waals surface area contributed by atoms with Crippen LogP contribution < -0.4 is 0 Å². The summed E-state index contributed by atoms with van der Waals surface area (Å²) in [4.78, 5) is 11.9. The Morgan fingerprint density at radius 2 is 2.00 bits per heavy atom. The fraction of sp³-hybridized carbons (Fsp3) is 0.812. The molecule has 0 spiro atoms. The second-order valence-corrected chi connectivity index (χ2v) is 7.18. The van der Waals surface area contributed by atoms with Crippen molar-refractivity contribution in [3.8, 4) is 0 Å². The zero-order chi connectivity index (χ0) is 15.7. The third-order valence-corrected chi connectivity index (χ3v) is 5.38. The largest absolute Gasteiger partial charge is 0.465 e. The van der Waals surface area contributed by atoms with Crippen molar-refractivity contribution in [1.29, 1.82) is 0 Å². The van der Waals surface area contributed by atoms with Crippen molar-refractivity contribution in [3.63, 3.8) is 0 Å².